The van der Waals surface area contributed by atoms with Crippen LogP contribution < -0.4 is 4.74 Å². The van der Waals surface area contributed by atoms with Crippen molar-refractivity contribution in [3.8, 4) is 11.5 Å². The molecule has 4 rings (SSSR count). The first kappa shape index (κ1) is 20.0. The van der Waals surface area contributed by atoms with Crippen LogP contribution in [0.3, 0.4) is 0 Å². The van der Waals surface area contributed by atoms with Gasteiger partial charge in [-0.05, 0) is 35.4 Å². The van der Waals surface area contributed by atoms with Crippen molar-refractivity contribution in [3.63, 3.8) is 0 Å². The summed E-state index contributed by atoms with van der Waals surface area (Å²) in [5.41, 5.74) is 2.27. The number of carboxylic acid groups (broad SMARTS) is 2. The van der Waals surface area contributed by atoms with Gasteiger partial charge in [0, 0.05) is 18.4 Å². The Bertz CT molecular complexity index is 985. The number of hydrogen-bond acceptors (Lipinski definition) is 4. The lowest BCUT2D eigenvalue weighted by Gasteiger charge is -2.47. The van der Waals surface area contributed by atoms with E-state index in [4.69, 9.17) is 4.74 Å². The van der Waals surface area contributed by atoms with Crippen molar-refractivity contribution >= 4 is 17.5 Å². The molecule has 2 aliphatic rings. The van der Waals surface area contributed by atoms with Crippen LogP contribution in [0, 0.1) is 0 Å². The Kier molecular flexibility index (Phi) is 4.99. The van der Waals surface area contributed by atoms with Crippen LogP contribution in [-0.2, 0) is 9.59 Å². The van der Waals surface area contributed by atoms with Gasteiger partial charge >= 0.3 is 11.9 Å². The van der Waals surface area contributed by atoms with Gasteiger partial charge < -0.3 is 24.5 Å². The number of ether oxygens (including phenoxy) is 1. The van der Waals surface area contributed by atoms with E-state index in [1.807, 2.05) is 36.4 Å². The Balaban J connectivity index is 1.69. The molecule has 0 amide bonds. The summed E-state index contributed by atoms with van der Waals surface area (Å²) in [5, 5.41) is 28.3. The fourth-order valence-corrected chi connectivity index (χ4v) is 4.53. The van der Waals surface area contributed by atoms with Gasteiger partial charge in [0.2, 0.25) is 0 Å². The number of fused-ring (bicyclic) bond motifs is 1. The van der Waals surface area contributed by atoms with Crippen molar-refractivity contribution in [1.82, 2.24) is 0 Å². The summed E-state index contributed by atoms with van der Waals surface area (Å²) in [6, 6.07) is 14.7. The lowest BCUT2D eigenvalue weighted by atomic mass is 9.82. The van der Waals surface area contributed by atoms with Gasteiger partial charge in [0.25, 0.3) is 0 Å². The highest BCUT2D eigenvalue weighted by Gasteiger charge is 2.47. The zero-order chi connectivity index (χ0) is 21.4. The van der Waals surface area contributed by atoms with Crippen LogP contribution in [-0.4, -0.2) is 63.5 Å². The first-order chi connectivity index (χ1) is 14.3. The molecule has 2 aromatic rings. The molecule has 0 aliphatic carbocycles. The summed E-state index contributed by atoms with van der Waals surface area (Å²) >= 11 is 0. The van der Waals surface area contributed by atoms with Crippen LogP contribution in [0.25, 0.3) is 5.57 Å². The summed E-state index contributed by atoms with van der Waals surface area (Å²) in [5.74, 6) is -1.05. The molecule has 30 heavy (non-hydrogen) atoms. The fourth-order valence-electron chi connectivity index (χ4n) is 4.53. The van der Waals surface area contributed by atoms with Crippen molar-refractivity contribution in [2.75, 3.05) is 26.2 Å². The SMILES string of the molecule is O=C(O)C[N+]1(CC(=O)O)CCC2(C=C(c3ccc(O)cc3)c3ccccc3O2)CC1. The minimum atomic E-state index is -0.998. The van der Waals surface area contributed by atoms with E-state index < -0.39 is 17.5 Å². The number of piperidine rings is 1. The van der Waals surface area contributed by atoms with Gasteiger partial charge in [-0.1, -0.05) is 30.3 Å². The van der Waals surface area contributed by atoms with Crippen molar-refractivity contribution in [1.29, 1.82) is 0 Å². The molecular formula is C23H24NO6+. The Labute approximate surface area is 174 Å². The summed E-state index contributed by atoms with van der Waals surface area (Å²) in [6.07, 6.45) is 3.12. The van der Waals surface area contributed by atoms with Crippen LogP contribution in [0.5, 0.6) is 11.5 Å². The van der Waals surface area contributed by atoms with E-state index in [0.29, 0.717) is 25.9 Å². The van der Waals surface area contributed by atoms with Gasteiger partial charge in [0.05, 0.1) is 13.1 Å². The zero-order valence-corrected chi connectivity index (χ0v) is 16.5. The Morgan fingerprint density at radius 1 is 0.933 bits per heavy atom. The molecule has 0 saturated carbocycles. The molecule has 7 heteroatoms. The van der Waals surface area contributed by atoms with Gasteiger partial charge in [0.1, 0.15) is 17.1 Å². The third-order valence-corrected chi connectivity index (χ3v) is 6.04. The molecule has 2 heterocycles. The monoisotopic (exact) mass is 410 g/mol. The van der Waals surface area contributed by atoms with E-state index in [1.165, 1.54) is 0 Å². The first-order valence-corrected chi connectivity index (χ1v) is 9.89. The number of carbonyl (C=O) groups is 2. The summed E-state index contributed by atoms with van der Waals surface area (Å²) in [7, 11) is 0. The van der Waals surface area contributed by atoms with Crippen LogP contribution >= 0.6 is 0 Å². The van der Waals surface area contributed by atoms with E-state index in [1.54, 1.807) is 12.1 Å². The molecule has 1 saturated heterocycles. The zero-order valence-electron chi connectivity index (χ0n) is 16.5. The summed E-state index contributed by atoms with van der Waals surface area (Å²) in [6.45, 7) is 0.376. The number of carboxylic acids is 2. The third kappa shape index (κ3) is 3.89. The number of rotatable bonds is 5. The predicted octanol–water partition coefficient (Wildman–Crippen LogP) is 2.73. The molecule has 0 radical (unpaired) electrons. The fraction of sp³-hybridized carbons (Fsp3) is 0.304. The Morgan fingerprint density at radius 2 is 1.53 bits per heavy atom. The second-order valence-electron chi connectivity index (χ2n) is 8.16. The van der Waals surface area contributed by atoms with E-state index >= 15 is 0 Å². The molecule has 2 aromatic carbocycles. The van der Waals surface area contributed by atoms with Crippen molar-refractivity contribution in [2.45, 2.75) is 18.4 Å². The highest BCUT2D eigenvalue weighted by molar-refractivity contribution is 5.85. The number of phenolic OH excluding ortho intramolecular Hbond substituents is 1. The van der Waals surface area contributed by atoms with Gasteiger partial charge in [0.15, 0.2) is 13.1 Å². The predicted molar refractivity (Wildman–Crippen MR) is 109 cm³/mol. The molecule has 2 aliphatic heterocycles. The molecule has 0 aromatic heterocycles. The van der Waals surface area contributed by atoms with Crippen LogP contribution in [0.15, 0.2) is 54.6 Å². The maximum atomic E-state index is 11.4. The molecule has 156 valence electrons. The highest BCUT2D eigenvalue weighted by Crippen LogP contribution is 2.44. The number of aliphatic carboxylic acids is 2. The molecule has 0 unspecified atom stereocenters. The average molecular weight is 410 g/mol. The largest absolute Gasteiger partial charge is 0.508 e. The normalized spacial score (nSPS) is 18.7. The van der Waals surface area contributed by atoms with E-state index in [-0.39, 0.29) is 23.3 Å². The number of hydrogen-bond donors (Lipinski definition) is 3. The molecule has 1 fully saturated rings. The topological polar surface area (TPSA) is 104 Å². The smallest absolute Gasteiger partial charge is 0.359 e. The van der Waals surface area contributed by atoms with Gasteiger partial charge in [-0.15, -0.1) is 0 Å². The maximum absolute atomic E-state index is 11.4. The van der Waals surface area contributed by atoms with Crippen LogP contribution in [0.4, 0.5) is 0 Å². The van der Waals surface area contributed by atoms with Crippen molar-refractivity contribution in [3.05, 3.63) is 65.7 Å². The molecule has 1 spiro atoms. The highest BCUT2D eigenvalue weighted by atomic mass is 16.5. The average Bonchev–Trinajstić information content (AvgIpc) is 2.70. The molecule has 3 N–H and O–H groups in total. The molecular weight excluding hydrogens is 386 g/mol. The molecule has 0 atom stereocenters. The number of nitrogens with zero attached hydrogens (tertiary/aromatic N) is 1. The second-order valence-corrected chi connectivity index (χ2v) is 8.16. The number of benzene rings is 2. The van der Waals surface area contributed by atoms with E-state index in [0.717, 1.165) is 22.4 Å². The molecule has 0 bridgehead atoms. The third-order valence-electron chi connectivity index (χ3n) is 6.04. The van der Waals surface area contributed by atoms with Crippen molar-refractivity contribution < 1.29 is 34.1 Å². The lowest BCUT2D eigenvalue weighted by molar-refractivity contribution is -0.920. The van der Waals surface area contributed by atoms with E-state index in [9.17, 15) is 24.9 Å². The lowest BCUT2D eigenvalue weighted by Crippen LogP contribution is -2.62. The minimum Gasteiger partial charge on any atom is -0.508 e. The number of quaternary nitrogens is 1. The standard InChI is InChI=1S/C23H23NO6/c25-17-7-5-16(6-8-17)19-13-23(30-20-4-2-1-3-18(19)20)9-11-24(12-10-23,14-21(26)27)15-22(28)29/h1-8,13H,9-12,14-15H2,(H2-,25,26,27,28,29)/p+1. The first-order valence-electron chi connectivity index (χ1n) is 9.89. The quantitative estimate of drug-likeness (QED) is 0.655. The Hall–Kier alpha value is -3.32. The minimum absolute atomic E-state index is 0.0137. The summed E-state index contributed by atoms with van der Waals surface area (Å²) < 4.78 is 6.42. The van der Waals surface area contributed by atoms with Crippen LogP contribution in [0.2, 0.25) is 0 Å². The second kappa shape index (κ2) is 7.50. The van der Waals surface area contributed by atoms with Gasteiger partial charge in [-0.3, -0.25) is 0 Å². The van der Waals surface area contributed by atoms with Gasteiger partial charge in [-0.25, -0.2) is 9.59 Å². The summed E-state index contributed by atoms with van der Waals surface area (Å²) in [4.78, 5) is 22.8. The number of phenols is 1. The van der Waals surface area contributed by atoms with Gasteiger partial charge in [-0.2, -0.15) is 0 Å². The van der Waals surface area contributed by atoms with Crippen LogP contribution in [0.1, 0.15) is 24.0 Å². The maximum Gasteiger partial charge on any atom is 0.359 e. The molecule has 7 nitrogen and oxygen atoms in total. The number of aromatic hydroxyl groups is 1. The Morgan fingerprint density at radius 3 is 2.13 bits per heavy atom. The van der Waals surface area contributed by atoms with E-state index in [2.05, 4.69) is 6.08 Å². The number of para-hydroxylation sites is 1. The number of likely N-dealkylation sites (tertiary alicyclic amines) is 1. The van der Waals surface area contributed by atoms with Crippen molar-refractivity contribution in [2.24, 2.45) is 0 Å².